The van der Waals surface area contributed by atoms with Crippen LogP contribution >= 0.6 is 0 Å². The number of aliphatic hydroxyl groups is 22. The minimum absolute atomic E-state index is 0.887. The molecule has 41 nitrogen and oxygen atoms in total. The number of carbonyl (C=O) groups is 2. The lowest BCUT2D eigenvalue weighted by atomic mass is 9.94. The summed E-state index contributed by atoms with van der Waals surface area (Å²) in [5.41, 5.74) is 0. The van der Waals surface area contributed by atoms with E-state index < -0.39 is 297 Å². The Bertz CT molecular complexity index is 2350. The van der Waals surface area contributed by atoms with Gasteiger partial charge in [-0.1, -0.05) is 0 Å². The van der Waals surface area contributed by atoms with E-state index in [-0.39, 0.29) is 0 Å². The van der Waals surface area contributed by atoms with Crippen LogP contribution in [0, 0.1) is 0 Å². The number of rotatable bonds is 22. The van der Waals surface area contributed by atoms with Crippen LogP contribution in [0.15, 0.2) is 0 Å². The summed E-state index contributed by atoms with van der Waals surface area (Å²) < 4.78 is 88.4. The number of aliphatic hydroxyl groups excluding tert-OH is 22. The first-order valence-electron chi connectivity index (χ1n) is 29.9. The second kappa shape index (κ2) is 32.6. The van der Waals surface area contributed by atoms with Crippen LogP contribution in [-0.2, 0) is 80.6 Å². The van der Waals surface area contributed by atoms with Crippen LogP contribution in [-0.4, -0.2) is 409 Å². The smallest absolute Gasteiger partial charge is 0.217 e. The summed E-state index contributed by atoms with van der Waals surface area (Å²) in [6.45, 7) is -1.69. The fourth-order valence-electron chi connectivity index (χ4n) is 12.0. The quantitative estimate of drug-likeness (QED) is 0.0479. The normalized spacial score (nSPS) is 51.6. The van der Waals surface area contributed by atoms with E-state index in [2.05, 4.69) is 10.6 Å². The van der Waals surface area contributed by atoms with Gasteiger partial charge in [-0.2, -0.15) is 0 Å². The number of carbonyl (C=O) groups excluding carboxylic acids is 2. The maximum atomic E-state index is 12.9. The van der Waals surface area contributed by atoms with Crippen LogP contribution in [0.25, 0.3) is 0 Å². The van der Waals surface area contributed by atoms with Crippen LogP contribution in [0.1, 0.15) is 27.7 Å². The van der Waals surface area contributed by atoms with Gasteiger partial charge in [-0.15, -0.1) is 0 Å². The molecule has 8 saturated heterocycles. The predicted octanol–water partition coefficient (Wildman–Crippen LogP) is -16.1. The molecule has 0 radical (unpaired) electrons. The molecule has 0 aliphatic carbocycles. The van der Waals surface area contributed by atoms with E-state index in [1.165, 1.54) is 13.8 Å². The largest absolute Gasteiger partial charge is 0.394 e. The molecule has 0 aromatic carbocycles. The van der Waals surface area contributed by atoms with Crippen LogP contribution in [0.4, 0.5) is 0 Å². The first-order valence-corrected chi connectivity index (χ1v) is 29.9. The molecule has 8 rings (SSSR count). The number of nitrogens with one attached hydrogen (secondary N) is 2. The van der Waals surface area contributed by atoms with Crippen LogP contribution in [0.5, 0.6) is 0 Å². The molecule has 8 heterocycles. The minimum Gasteiger partial charge on any atom is -0.394 e. The molecule has 24 N–H and O–H groups in total. The molecule has 8 fully saturated rings. The molecule has 0 unspecified atom stereocenters. The third kappa shape index (κ3) is 16.4. The van der Waals surface area contributed by atoms with Gasteiger partial charge in [0.2, 0.25) is 11.8 Å². The molecular formula is C52H88N2O39. The zero-order chi connectivity index (χ0) is 68.5. The van der Waals surface area contributed by atoms with Crippen molar-refractivity contribution in [2.24, 2.45) is 0 Å². The Morgan fingerprint density at radius 3 is 1.01 bits per heavy atom. The number of amides is 2. The van der Waals surface area contributed by atoms with Crippen molar-refractivity contribution >= 4 is 11.8 Å². The fraction of sp³-hybridized carbons (Fsp3) is 0.962. The number of ether oxygens (including phenoxy) is 15. The third-order valence-electron chi connectivity index (χ3n) is 17.4. The summed E-state index contributed by atoms with van der Waals surface area (Å²) in [6, 6.07) is -3.68. The van der Waals surface area contributed by atoms with Crippen molar-refractivity contribution < 1.29 is 193 Å². The Morgan fingerprint density at radius 1 is 0.301 bits per heavy atom. The molecule has 8 aliphatic heterocycles. The maximum Gasteiger partial charge on any atom is 0.217 e. The summed E-state index contributed by atoms with van der Waals surface area (Å²) in [5, 5.41) is 245. The van der Waals surface area contributed by atoms with Crippen molar-refractivity contribution in [1.29, 1.82) is 0 Å². The fourth-order valence-corrected chi connectivity index (χ4v) is 12.0. The Hall–Kier alpha value is -2.54. The van der Waals surface area contributed by atoms with Gasteiger partial charge in [0.25, 0.3) is 0 Å². The highest BCUT2D eigenvalue weighted by molar-refractivity contribution is 5.73. The SMILES string of the molecule is CC(=O)N[C@@H]1[C@@H](O[C@@H]2O[C@H](CO)[C@H](O)[C@H](O[C@H]3O[C@H](CO)[C@H](O)[C@H](O)[C@H]3O)[C@H]2O[C@@H]2O[C@@H](C)[C@@H](O)[C@@H](O)[C@@H]2O)[C@@H](O)[C@@H](CO[C@@H]2O[C@H](CO)[C@@H](O[C@@H]3O[C@H](CO)[C@H](O)[C@H](O[C@H]4O[C@H](CO)[C@H](O)[C@H](O)[C@H]4O)[C@H]3O[C@@H]3O[C@@H](C)[C@@H](O)[C@@H](O)[C@@H]3O)[C@H](O)[C@H]2NC(C)=O)O[C@@H]1O. The van der Waals surface area contributed by atoms with Gasteiger partial charge in [-0.25, -0.2) is 0 Å². The molecule has 93 heavy (non-hydrogen) atoms. The lowest BCUT2D eigenvalue weighted by Crippen LogP contribution is -2.70. The van der Waals surface area contributed by atoms with Gasteiger partial charge in [0.05, 0.1) is 51.8 Å². The summed E-state index contributed by atoms with van der Waals surface area (Å²) >= 11 is 0. The van der Waals surface area contributed by atoms with Crippen molar-refractivity contribution in [3.63, 3.8) is 0 Å². The molecule has 0 bridgehead atoms. The van der Waals surface area contributed by atoms with E-state index in [1.807, 2.05) is 0 Å². The van der Waals surface area contributed by atoms with E-state index >= 15 is 0 Å². The zero-order valence-electron chi connectivity index (χ0n) is 50.1. The van der Waals surface area contributed by atoms with Crippen molar-refractivity contribution in [1.82, 2.24) is 10.6 Å². The van der Waals surface area contributed by atoms with E-state index in [0.717, 1.165) is 13.8 Å². The highest BCUT2D eigenvalue weighted by Crippen LogP contribution is 2.39. The molecule has 40 atom stereocenters. The number of hydrogen-bond acceptors (Lipinski definition) is 39. The Morgan fingerprint density at radius 2 is 0.613 bits per heavy atom. The Kier molecular flexibility index (Phi) is 26.7. The average Bonchev–Trinajstić information content (AvgIpc) is 0.803. The standard InChI is InChI=1S/C52H88N2O39/c1-11-23(62)31(70)35(74)47(80-11)92-43-41(90-49-37(76)33(72)25(64)15(5-55)83-49)27(66)17(7-57)85-51(43)88-39-19(9-59)87-46(21(30(39)69)53-13(3)60)79-10-20-29(68)40(22(45(78)82-20)54-14(4)61)89-52-44(93-48-36(75)32(71)24(63)12(2)81-48)42(28(67)18(8-58)86-52)91-50-38(77)34(73)26(65)16(6-56)84-50/h11-12,15-52,55-59,62-78H,5-10H2,1-4H3,(H,53,60)(H,54,61)/t11-,12-,15+,16+,17+,18+,19+,20+,21+,22+,23+,24+,25-,26-,27-,28-,29-,30+,31+,32+,33-,34-,35-,36-,37+,38+,39+,40+,41-,42-,43+,44+,45-,46+,47-,48-,49+,50+,51-,52-/m0/s1. The molecule has 0 aromatic rings. The van der Waals surface area contributed by atoms with E-state index in [4.69, 9.17) is 71.1 Å². The monoisotopic (exact) mass is 1360 g/mol. The van der Waals surface area contributed by atoms with Crippen molar-refractivity contribution in [3.8, 4) is 0 Å². The van der Waals surface area contributed by atoms with Gasteiger partial charge in [0.1, 0.15) is 183 Å². The second-order valence-corrected chi connectivity index (χ2v) is 23.9. The first kappa shape index (κ1) is 76.2. The third-order valence-corrected chi connectivity index (χ3v) is 17.4. The highest BCUT2D eigenvalue weighted by Gasteiger charge is 2.60. The summed E-state index contributed by atoms with van der Waals surface area (Å²) in [7, 11) is 0. The van der Waals surface area contributed by atoms with Crippen molar-refractivity contribution in [3.05, 3.63) is 0 Å². The summed E-state index contributed by atoms with van der Waals surface area (Å²) in [6.07, 6.45) is -74.5. The lowest BCUT2D eigenvalue weighted by Gasteiger charge is -2.51. The molecule has 41 heteroatoms. The number of hydrogen-bond donors (Lipinski definition) is 24. The molecule has 8 aliphatic rings. The van der Waals surface area contributed by atoms with Crippen LogP contribution in [0.2, 0.25) is 0 Å². The molecule has 0 spiro atoms. The van der Waals surface area contributed by atoms with Gasteiger partial charge in [0, 0.05) is 13.8 Å². The van der Waals surface area contributed by atoms with E-state index in [1.54, 1.807) is 0 Å². The highest BCUT2D eigenvalue weighted by atomic mass is 16.8. The summed E-state index contributed by atoms with van der Waals surface area (Å²) in [4.78, 5) is 25.7. The zero-order valence-corrected chi connectivity index (χ0v) is 50.1. The Labute approximate surface area is 527 Å². The first-order chi connectivity index (χ1) is 43.9. The van der Waals surface area contributed by atoms with Gasteiger partial charge in [0.15, 0.2) is 50.3 Å². The van der Waals surface area contributed by atoms with E-state index in [0.29, 0.717) is 0 Å². The van der Waals surface area contributed by atoms with Gasteiger partial charge >= 0.3 is 0 Å². The topological polar surface area (TPSA) is 642 Å². The van der Waals surface area contributed by atoms with Crippen molar-refractivity contribution in [2.45, 2.75) is 273 Å². The molecule has 0 saturated carbocycles. The maximum absolute atomic E-state index is 12.9. The molecule has 540 valence electrons. The predicted molar refractivity (Wildman–Crippen MR) is 285 cm³/mol. The summed E-state index contributed by atoms with van der Waals surface area (Å²) in [5.74, 6) is -1.78. The van der Waals surface area contributed by atoms with Gasteiger partial charge in [-0.3, -0.25) is 9.59 Å². The average molecular weight is 1370 g/mol. The Balaban J connectivity index is 1.07. The van der Waals surface area contributed by atoms with Crippen LogP contribution in [0.3, 0.4) is 0 Å². The molecule has 2 amide bonds. The van der Waals surface area contributed by atoms with Gasteiger partial charge in [-0.05, 0) is 13.8 Å². The van der Waals surface area contributed by atoms with Crippen LogP contribution < -0.4 is 10.6 Å². The van der Waals surface area contributed by atoms with Crippen molar-refractivity contribution in [2.75, 3.05) is 39.6 Å². The van der Waals surface area contributed by atoms with E-state index in [9.17, 15) is 122 Å². The van der Waals surface area contributed by atoms with Gasteiger partial charge < -0.3 is 194 Å². The molecular weight excluding hydrogens is 1280 g/mol. The minimum atomic E-state index is -2.22. The lowest BCUT2D eigenvalue weighted by molar-refractivity contribution is -0.403. The molecule has 0 aromatic heterocycles. The second-order valence-electron chi connectivity index (χ2n) is 23.9.